The summed E-state index contributed by atoms with van der Waals surface area (Å²) in [6.07, 6.45) is 0. The molecule has 5 heteroatoms. The van der Waals surface area contributed by atoms with Gasteiger partial charge in [-0.05, 0) is 6.92 Å². The first-order valence-electron chi connectivity index (χ1n) is 3.46. The molecular formula is C6H12N3OS+. The molecule has 1 aromatic heterocycles. The zero-order valence-corrected chi connectivity index (χ0v) is 7.73. The number of quaternary nitrogens is 1. The molecule has 0 aliphatic rings. The second-order valence-electron chi connectivity index (χ2n) is 2.92. The van der Waals surface area contributed by atoms with E-state index in [9.17, 15) is 4.79 Å². The van der Waals surface area contributed by atoms with Crippen molar-refractivity contribution >= 4 is 17.5 Å². The number of hydrogen-bond donors (Lipinski definition) is 1. The molecule has 62 valence electrons. The Morgan fingerprint density at radius 3 is 2.64 bits per heavy atom. The highest BCUT2D eigenvalue weighted by molar-refractivity contribution is 7.03. The van der Waals surface area contributed by atoms with Crippen molar-refractivity contribution in [1.82, 2.24) is 13.8 Å². The Morgan fingerprint density at radius 1 is 1.64 bits per heavy atom. The third kappa shape index (κ3) is 1.66. The van der Waals surface area contributed by atoms with Crippen molar-refractivity contribution in [3.05, 3.63) is 9.67 Å². The lowest BCUT2D eigenvalue weighted by Gasteiger charge is -2.22. The lowest BCUT2D eigenvalue weighted by molar-refractivity contribution is 0.402. The van der Waals surface area contributed by atoms with E-state index in [1.165, 1.54) is 0 Å². The van der Waals surface area contributed by atoms with Gasteiger partial charge >= 0.3 is 10.8 Å². The average Bonchev–Trinajstić information content (AvgIpc) is 2.36. The molecule has 0 unspecified atom stereocenters. The van der Waals surface area contributed by atoms with Gasteiger partial charge in [-0.15, -0.1) is 4.37 Å². The van der Waals surface area contributed by atoms with Gasteiger partial charge in [-0.1, -0.05) is 0 Å². The van der Waals surface area contributed by atoms with Crippen molar-refractivity contribution in [2.24, 2.45) is 0 Å². The third-order valence-electron chi connectivity index (χ3n) is 1.79. The summed E-state index contributed by atoms with van der Waals surface area (Å²) in [6, 6.07) is 0. The zero-order chi connectivity index (χ0) is 8.48. The van der Waals surface area contributed by atoms with E-state index in [2.05, 4.69) is 16.3 Å². The highest BCUT2D eigenvalue weighted by atomic mass is 32.1. The third-order valence-corrected chi connectivity index (χ3v) is 2.32. The molecule has 0 saturated carbocycles. The molecule has 0 spiro atoms. The number of aromatic amines is 1. The predicted octanol–water partition coefficient (Wildman–Crippen LogP) is 0.418. The molecule has 1 rings (SSSR count). The summed E-state index contributed by atoms with van der Waals surface area (Å²) in [6.45, 7) is 2.97. The molecule has 1 aromatic rings. The van der Waals surface area contributed by atoms with Gasteiger partial charge in [0.25, 0.3) is 0 Å². The Bertz CT molecular complexity index is 288. The van der Waals surface area contributed by atoms with Crippen molar-refractivity contribution in [2.45, 2.75) is 6.92 Å². The van der Waals surface area contributed by atoms with Gasteiger partial charge in [-0.25, -0.2) is 4.98 Å². The minimum atomic E-state index is -0.0837. The Hall–Kier alpha value is -0.680. The highest BCUT2D eigenvalue weighted by Crippen LogP contribution is 2.09. The predicted molar refractivity (Wildman–Crippen MR) is 46.9 cm³/mol. The Kier molecular flexibility index (Phi) is 2.10. The summed E-state index contributed by atoms with van der Waals surface area (Å²) in [5.41, 5.74) is 0. The summed E-state index contributed by atoms with van der Waals surface area (Å²) in [4.78, 5) is 13.4. The zero-order valence-electron chi connectivity index (χ0n) is 6.92. The van der Waals surface area contributed by atoms with Crippen LogP contribution in [0.25, 0.3) is 0 Å². The number of hydrogen-bond acceptors (Lipinski definition) is 3. The molecule has 11 heavy (non-hydrogen) atoms. The molecule has 0 aliphatic heterocycles. The number of aromatic nitrogens is 2. The van der Waals surface area contributed by atoms with E-state index >= 15 is 0 Å². The van der Waals surface area contributed by atoms with Crippen LogP contribution in [0.1, 0.15) is 6.92 Å². The second kappa shape index (κ2) is 2.75. The maximum absolute atomic E-state index is 10.7. The Balaban J connectivity index is 3.01. The summed E-state index contributed by atoms with van der Waals surface area (Å²) >= 11 is 0.970. The first-order chi connectivity index (χ1) is 5.06. The molecule has 0 aliphatic carbocycles. The molecule has 4 nitrogen and oxygen atoms in total. The quantitative estimate of drug-likeness (QED) is 0.660. The van der Waals surface area contributed by atoms with Crippen LogP contribution in [0, 0.1) is 0 Å². The molecule has 1 N–H and O–H groups in total. The van der Waals surface area contributed by atoms with Crippen LogP contribution < -0.4 is 9.36 Å². The van der Waals surface area contributed by atoms with E-state index in [4.69, 9.17) is 0 Å². The van der Waals surface area contributed by atoms with E-state index in [1.807, 2.05) is 14.1 Å². The number of nitrogens with one attached hydrogen (secondary N) is 1. The molecule has 0 radical (unpaired) electrons. The van der Waals surface area contributed by atoms with Gasteiger partial charge in [0.1, 0.15) is 0 Å². The van der Waals surface area contributed by atoms with Gasteiger partial charge in [0.2, 0.25) is 0 Å². The average molecular weight is 174 g/mol. The van der Waals surface area contributed by atoms with E-state index in [1.54, 1.807) is 0 Å². The van der Waals surface area contributed by atoms with Gasteiger partial charge in [0.15, 0.2) is 0 Å². The van der Waals surface area contributed by atoms with Crippen LogP contribution >= 0.6 is 11.5 Å². The second-order valence-corrected chi connectivity index (χ2v) is 3.66. The van der Waals surface area contributed by atoms with Crippen molar-refractivity contribution in [3.63, 3.8) is 0 Å². The topological polar surface area (TPSA) is 45.8 Å². The maximum atomic E-state index is 10.7. The maximum Gasteiger partial charge on any atom is 0.328 e. The van der Waals surface area contributed by atoms with E-state index in [-0.39, 0.29) is 4.87 Å². The summed E-state index contributed by atoms with van der Waals surface area (Å²) in [5.74, 6) is 0.738. The number of nitrogens with zero attached hydrogens (tertiary/aromatic N) is 2. The van der Waals surface area contributed by atoms with E-state index < -0.39 is 0 Å². The Morgan fingerprint density at radius 2 is 2.27 bits per heavy atom. The Labute approximate surface area is 69.2 Å². The molecule has 0 fully saturated rings. The van der Waals surface area contributed by atoms with Crippen molar-refractivity contribution < 1.29 is 0 Å². The molecule has 0 amide bonds. The van der Waals surface area contributed by atoms with Crippen LogP contribution in [0.3, 0.4) is 0 Å². The number of rotatable bonds is 2. The van der Waals surface area contributed by atoms with Crippen LogP contribution in [0.5, 0.6) is 0 Å². The van der Waals surface area contributed by atoms with Crippen LogP contribution in [0.2, 0.25) is 0 Å². The van der Waals surface area contributed by atoms with Crippen LogP contribution in [0.4, 0.5) is 5.95 Å². The van der Waals surface area contributed by atoms with Crippen molar-refractivity contribution in [1.29, 1.82) is 0 Å². The fraction of sp³-hybridized carbons (Fsp3) is 0.667. The minimum absolute atomic E-state index is 0.0837. The molecule has 0 aromatic carbocycles. The van der Waals surface area contributed by atoms with E-state index in [0.717, 1.165) is 24.0 Å². The van der Waals surface area contributed by atoms with Crippen molar-refractivity contribution in [2.75, 3.05) is 20.6 Å². The van der Waals surface area contributed by atoms with Crippen molar-refractivity contribution in [3.8, 4) is 0 Å². The molecule has 0 atom stereocenters. The first kappa shape index (κ1) is 8.42. The van der Waals surface area contributed by atoms with Gasteiger partial charge in [-0.2, -0.15) is 0 Å². The standard InChI is InChI=1S/C6H11N3OS/c1-4-9(2,3)5-7-6(10)11-8-5/h4H2,1-3H3/p+1. The van der Waals surface area contributed by atoms with E-state index in [0.29, 0.717) is 4.48 Å². The SMILES string of the molecule is CC[N+](C)(C)c1nsc(=O)[nH]1. The largest absolute Gasteiger partial charge is 0.328 e. The lowest BCUT2D eigenvalue weighted by Crippen LogP contribution is -2.41. The van der Waals surface area contributed by atoms with Crippen LogP contribution in [0.15, 0.2) is 4.79 Å². The van der Waals surface area contributed by atoms with Crippen LogP contribution in [-0.4, -0.2) is 30.0 Å². The summed E-state index contributed by atoms with van der Waals surface area (Å²) in [5, 5.41) is 0. The van der Waals surface area contributed by atoms with Crippen LogP contribution in [-0.2, 0) is 0 Å². The summed E-state index contributed by atoms with van der Waals surface area (Å²) in [7, 11) is 4.01. The highest BCUT2D eigenvalue weighted by Gasteiger charge is 2.20. The fourth-order valence-corrected chi connectivity index (χ4v) is 1.21. The minimum Gasteiger partial charge on any atom is -0.263 e. The lowest BCUT2D eigenvalue weighted by atomic mass is 10.5. The van der Waals surface area contributed by atoms with Gasteiger partial charge < -0.3 is 0 Å². The van der Waals surface area contributed by atoms with Gasteiger partial charge in [0.05, 0.1) is 20.6 Å². The number of H-pyrrole nitrogens is 1. The smallest absolute Gasteiger partial charge is 0.263 e. The monoisotopic (exact) mass is 174 g/mol. The van der Waals surface area contributed by atoms with Gasteiger partial charge in [0, 0.05) is 11.5 Å². The first-order valence-corrected chi connectivity index (χ1v) is 4.23. The summed E-state index contributed by atoms with van der Waals surface area (Å²) < 4.78 is 4.63. The fourth-order valence-electron chi connectivity index (χ4n) is 0.633. The van der Waals surface area contributed by atoms with Gasteiger partial charge in [-0.3, -0.25) is 9.28 Å². The molecular weight excluding hydrogens is 162 g/mol. The molecule has 0 saturated heterocycles. The molecule has 1 heterocycles. The normalized spacial score (nSPS) is 11.9. The molecule has 0 bridgehead atoms.